The van der Waals surface area contributed by atoms with Gasteiger partial charge in [-0.15, -0.1) is 0 Å². The molecule has 0 N–H and O–H groups in total. The van der Waals surface area contributed by atoms with Crippen molar-refractivity contribution in [3.8, 4) is 0 Å². The first-order valence-electron chi connectivity index (χ1n) is 7.04. The second-order valence-corrected chi connectivity index (χ2v) is 6.14. The molecule has 1 aliphatic heterocycles. The maximum atomic E-state index is 13.2. The normalized spacial score (nSPS) is 16.2. The molecule has 0 amide bonds. The number of hydrogen-bond acceptors (Lipinski definition) is 3. The third kappa shape index (κ3) is 3.80. The quantitative estimate of drug-likeness (QED) is 0.792. The van der Waals surface area contributed by atoms with Crippen LogP contribution in [0.1, 0.15) is 5.56 Å². The van der Waals surface area contributed by atoms with Gasteiger partial charge in [-0.2, -0.15) is 4.39 Å². The van der Waals surface area contributed by atoms with Crippen LogP contribution in [-0.4, -0.2) is 36.1 Å². The summed E-state index contributed by atoms with van der Waals surface area (Å²) in [5.74, 6) is -0.412. The van der Waals surface area contributed by atoms with Gasteiger partial charge in [0.1, 0.15) is 0 Å². The van der Waals surface area contributed by atoms with Gasteiger partial charge in [-0.1, -0.05) is 28.1 Å². The van der Waals surface area contributed by atoms with Crippen molar-refractivity contribution in [3.63, 3.8) is 0 Å². The predicted octanol–water partition coefficient (Wildman–Crippen LogP) is 3.31. The largest absolute Gasteiger partial charge is 0.369 e. The van der Waals surface area contributed by atoms with Gasteiger partial charge in [-0.25, -0.2) is 4.98 Å². The average Bonchev–Trinajstić information content (AvgIpc) is 2.50. The van der Waals surface area contributed by atoms with Crippen molar-refractivity contribution in [3.05, 3.63) is 58.6 Å². The molecule has 3 rings (SSSR count). The molecule has 0 bridgehead atoms. The van der Waals surface area contributed by atoms with Crippen molar-refractivity contribution in [1.29, 1.82) is 0 Å². The monoisotopic (exact) mass is 349 g/mol. The number of hydrogen-bond donors (Lipinski definition) is 0. The standard InChI is InChI=1S/C16H17BrFN3/c17-14-3-1-13(2-4-14)12-20-7-9-21(10-8-20)15-5-6-19-16(18)11-15/h1-6,11H,7-10,12H2. The molecule has 1 aromatic carbocycles. The maximum Gasteiger partial charge on any atom is 0.214 e. The zero-order valence-electron chi connectivity index (χ0n) is 11.7. The van der Waals surface area contributed by atoms with E-state index in [0.29, 0.717) is 0 Å². The van der Waals surface area contributed by atoms with Crippen LogP contribution in [0.15, 0.2) is 47.1 Å². The summed E-state index contributed by atoms with van der Waals surface area (Å²) >= 11 is 3.45. The van der Waals surface area contributed by atoms with Crippen LogP contribution in [0.3, 0.4) is 0 Å². The number of aromatic nitrogens is 1. The van der Waals surface area contributed by atoms with Gasteiger partial charge in [0.2, 0.25) is 5.95 Å². The predicted molar refractivity (Wildman–Crippen MR) is 85.8 cm³/mol. The van der Waals surface area contributed by atoms with E-state index < -0.39 is 5.95 Å². The van der Waals surface area contributed by atoms with E-state index in [9.17, 15) is 4.39 Å². The van der Waals surface area contributed by atoms with Gasteiger partial charge in [0, 0.05) is 55.1 Å². The Kier molecular flexibility index (Phi) is 4.51. The smallest absolute Gasteiger partial charge is 0.214 e. The van der Waals surface area contributed by atoms with Crippen molar-refractivity contribution in [2.45, 2.75) is 6.54 Å². The van der Waals surface area contributed by atoms with Crippen LogP contribution >= 0.6 is 15.9 Å². The lowest BCUT2D eigenvalue weighted by Gasteiger charge is -2.36. The van der Waals surface area contributed by atoms with Gasteiger partial charge < -0.3 is 4.90 Å². The Hall–Kier alpha value is -1.46. The Morgan fingerprint density at radius 2 is 1.76 bits per heavy atom. The van der Waals surface area contributed by atoms with Gasteiger partial charge in [-0.3, -0.25) is 4.90 Å². The van der Waals surface area contributed by atoms with Crippen molar-refractivity contribution >= 4 is 21.6 Å². The fourth-order valence-electron chi connectivity index (χ4n) is 2.60. The fourth-order valence-corrected chi connectivity index (χ4v) is 2.87. The van der Waals surface area contributed by atoms with Crippen LogP contribution in [-0.2, 0) is 6.54 Å². The minimum Gasteiger partial charge on any atom is -0.369 e. The maximum absolute atomic E-state index is 13.2. The summed E-state index contributed by atoms with van der Waals surface area (Å²) < 4.78 is 14.3. The van der Waals surface area contributed by atoms with E-state index in [1.54, 1.807) is 0 Å². The molecule has 3 nitrogen and oxygen atoms in total. The number of nitrogens with zero attached hydrogens (tertiary/aromatic N) is 3. The SMILES string of the molecule is Fc1cc(N2CCN(Cc3ccc(Br)cc3)CC2)ccn1. The van der Waals surface area contributed by atoms with Crippen molar-refractivity contribution in [2.24, 2.45) is 0 Å². The number of halogens is 2. The number of benzene rings is 1. The fraction of sp³-hybridized carbons (Fsp3) is 0.312. The second kappa shape index (κ2) is 6.54. The molecule has 1 saturated heterocycles. The van der Waals surface area contributed by atoms with Crippen molar-refractivity contribution in [1.82, 2.24) is 9.88 Å². The first-order chi connectivity index (χ1) is 10.2. The Balaban J connectivity index is 1.56. The summed E-state index contributed by atoms with van der Waals surface area (Å²) in [6, 6.07) is 11.8. The molecule has 5 heteroatoms. The molecule has 0 unspecified atom stereocenters. The molecule has 110 valence electrons. The molecule has 2 heterocycles. The van der Waals surface area contributed by atoms with E-state index >= 15 is 0 Å². The van der Waals surface area contributed by atoms with Gasteiger partial charge in [0.05, 0.1) is 0 Å². The van der Waals surface area contributed by atoms with Crippen molar-refractivity contribution in [2.75, 3.05) is 31.1 Å². The van der Waals surface area contributed by atoms with Gasteiger partial charge in [-0.05, 0) is 23.8 Å². The van der Waals surface area contributed by atoms with Crippen LogP contribution in [0.4, 0.5) is 10.1 Å². The lowest BCUT2D eigenvalue weighted by atomic mass is 10.2. The lowest BCUT2D eigenvalue weighted by Crippen LogP contribution is -2.46. The summed E-state index contributed by atoms with van der Waals surface area (Å²) in [7, 11) is 0. The molecule has 1 aromatic heterocycles. The molecule has 0 atom stereocenters. The highest BCUT2D eigenvalue weighted by Gasteiger charge is 2.17. The minimum absolute atomic E-state index is 0.412. The van der Waals surface area contributed by atoms with Gasteiger partial charge in [0.25, 0.3) is 0 Å². The summed E-state index contributed by atoms with van der Waals surface area (Å²) in [6.07, 6.45) is 1.53. The van der Waals surface area contributed by atoms with Crippen LogP contribution in [0.5, 0.6) is 0 Å². The van der Waals surface area contributed by atoms with Gasteiger partial charge >= 0.3 is 0 Å². The Bertz CT molecular complexity index is 595. The molecular weight excluding hydrogens is 333 g/mol. The molecular formula is C16H17BrFN3. The molecule has 1 aliphatic rings. The zero-order valence-corrected chi connectivity index (χ0v) is 13.3. The van der Waals surface area contributed by atoms with Crippen LogP contribution in [0.25, 0.3) is 0 Å². The highest BCUT2D eigenvalue weighted by Crippen LogP contribution is 2.18. The minimum atomic E-state index is -0.412. The molecule has 1 fully saturated rings. The van der Waals surface area contributed by atoms with Crippen LogP contribution in [0.2, 0.25) is 0 Å². The summed E-state index contributed by atoms with van der Waals surface area (Å²) in [6.45, 7) is 4.77. The second-order valence-electron chi connectivity index (χ2n) is 5.23. The number of pyridine rings is 1. The molecule has 2 aromatic rings. The van der Waals surface area contributed by atoms with Gasteiger partial charge in [0.15, 0.2) is 0 Å². The first kappa shape index (κ1) is 14.5. The Morgan fingerprint density at radius 1 is 1.05 bits per heavy atom. The third-order valence-corrected chi connectivity index (χ3v) is 4.30. The van der Waals surface area contributed by atoms with Crippen LogP contribution in [0, 0.1) is 5.95 Å². The van der Waals surface area contributed by atoms with E-state index in [2.05, 4.69) is 55.0 Å². The number of rotatable bonds is 3. The molecule has 0 aliphatic carbocycles. The summed E-state index contributed by atoms with van der Waals surface area (Å²) in [5, 5.41) is 0. The summed E-state index contributed by atoms with van der Waals surface area (Å²) in [4.78, 5) is 8.24. The molecule has 0 radical (unpaired) electrons. The average molecular weight is 350 g/mol. The Morgan fingerprint density at radius 3 is 2.43 bits per heavy atom. The van der Waals surface area contributed by atoms with E-state index in [1.165, 1.54) is 17.8 Å². The molecule has 21 heavy (non-hydrogen) atoms. The third-order valence-electron chi connectivity index (χ3n) is 3.77. The van der Waals surface area contributed by atoms with E-state index in [0.717, 1.165) is 42.9 Å². The van der Waals surface area contributed by atoms with E-state index in [-0.39, 0.29) is 0 Å². The topological polar surface area (TPSA) is 19.4 Å². The lowest BCUT2D eigenvalue weighted by molar-refractivity contribution is 0.250. The summed E-state index contributed by atoms with van der Waals surface area (Å²) in [5.41, 5.74) is 2.24. The van der Waals surface area contributed by atoms with Crippen LogP contribution < -0.4 is 4.90 Å². The van der Waals surface area contributed by atoms with E-state index in [1.807, 2.05) is 6.07 Å². The zero-order chi connectivity index (χ0) is 14.7. The molecule has 0 spiro atoms. The van der Waals surface area contributed by atoms with E-state index in [4.69, 9.17) is 0 Å². The number of anilines is 1. The highest BCUT2D eigenvalue weighted by atomic mass is 79.9. The number of piperazine rings is 1. The first-order valence-corrected chi connectivity index (χ1v) is 7.83. The Labute approximate surface area is 132 Å². The molecule has 0 saturated carbocycles. The highest BCUT2D eigenvalue weighted by molar-refractivity contribution is 9.10. The van der Waals surface area contributed by atoms with Crippen molar-refractivity contribution < 1.29 is 4.39 Å².